The number of nitrogens with two attached hydrogens (primary N) is 1. The van der Waals surface area contributed by atoms with Gasteiger partial charge in [-0.2, -0.15) is 0 Å². The Hall–Kier alpha value is -1.59. The highest BCUT2D eigenvalue weighted by Gasteiger charge is 2.16. The van der Waals surface area contributed by atoms with Crippen LogP contribution in [-0.2, 0) is 0 Å². The van der Waals surface area contributed by atoms with Gasteiger partial charge in [0.1, 0.15) is 6.10 Å². The molecule has 0 aromatic heterocycles. The van der Waals surface area contributed by atoms with Crippen LogP contribution in [0.5, 0.6) is 5.75 Å². The Morgan fingerprint density at radius 3 is 2.63 bits per heavy atom. The van der Waals surface area contributed by atoms with Crippen LogP contribution in [-0.4, -0.2) is 12.2 Å². The van der Waals surface area contributed by atoms with Gasteiger partial charge < -0.3 is 15.6 Å². The van der Waals surface area contributed by atoms with E-state index < -0.39 is 11.9 Å². The van der Waals surface area contributed by atoms with Gasteiger partial charge in [-0.1, -0.05) is 22.0 Å². The van der Waals surface area contributed by atoms with E-state index in [-0.39, 0.29) is 5.75 Å². The third-order valence-electron chi connectivity index (χ3n) is 2.84. The van der Waals surface area contributed by atoms with Gasteiger partial charge in [-0.25, -0.2) is 4.39 Å². The first kappa shape index (κ1) is 13.8. The lowest BCUT2D eigenvalue weighted by molar-refractivity contribution is 0.220. The first-order valence-electron chi connectivity index (χ1n) is 5.59. The van der Waals surface area contributed by atoms with Crippen LogP contribution in [0.1, 0.15) is 17.2 Å². The number of ether oxygens (including phenoxy) is 1. The van der Waals surface area contributed by atoms with Crippen molar-refractivity contribution >= 4 is 21.6 Å². The van der Waals surface area contributed by atoms with Gasteiger partial charge in [-0.3, -0.25) is 0 Å². The van der Waals surface area contributed by atoms with Gasteiger partial charge in [0.05, 0.1) is 7.11 Å². The molecular formula is C14H13BrFNO2. The molecule has 19 heavy (non-hydrogen) atoms. The molecule has 0 aliphatic rings. The molecule has 0 aliphatic heterocycles. The van der Waals surface area contributed by atoms with Gasteiger partial charge in [0.15, 0.2) is 11.6 Å². The SMILES string of the molecule is COc1ccc(C(O)c2cc(Br)ccc2N)cc1F. The zero-order chi connectivity index (χ0) is 14.0. The number of rotatable bonds is 3. The largest absolute Gasteiger partial charge is 0.494 e. The Bertz CT molecular complexity index is 604. The van der Waals surface area contributed by atoms with Crippen LogP contribution in [0.3, 0.4) is 0 Å². The minimum absolute atomic E-state index is 0.137. The average Bonchev–Trinajstić information content (AvgIpc) is 2.40. The van der Waals surface area contributed by atoms with Crippen LogP contribution in [0.4, 0.5) is 10.1 Å². The van der Waals surface area contributed by atoms with E-state index in [1.54, 1.807) is 24.3 Å². The van der Waals surface area contributed by atoms with Crippen molar-refractivity contribution in [3.8, 4) is 5.75 Å². The van der Waals surface area contributed by atoms with Crippen molar-refractivity contribution in [3.63, 3.8) is 0 Å². The second-order valence-electron chi connectivity index (χ2n) is 4.07. The minimum Gasteiger partial charge on any atom is -0.494 e. The first-order valence-corrected chi connectivity index (χ1v) is 6.38. The van der Waals surface area contributed by atoms with Crippen LogP contribution in [0.15, 0.2) is 40.9 Å². The average molecular weight is 326 g/mol. The molecule has 1 atom stereocenters. The Morgan fingerprint density at radius 2 is 2.00 bits per heavy atom. The molecular weight excluding hydrogens is 313 g/mol. The van der Waals surface area contributed by atoms with Gasteiger partial charge in [-0.05, 0) is 35.9 Å². The number of nitrogen functional groups attached to an aromatic ring is 1. The number of aliphatic hydroxyl groups excluding tert-OH is 1. The van der Waals surface area contributed by atoms with E-state index in [0.29, 0.717) is 16.8 Å². The molecule has 5 heteroatoms. The summed E-state index contributed by atoms with van der Waals surface area (Å²) < 4.78 is 19.3. The van der Waals surface area contributed by atoms with Crippen LogP contribution < -0.4 is 10.5 Å². The molecule has 2 aromatic carbocycles. The molecule has 0 saturated heterocycles. The van der Waals surface area contributed by atoms with Crippen molar-refractivity contribution in [3.05, 3.63) is 57.8 Å². The van der Waals surface area contributed by atoms with Crippen LogP contribution in [0.25, 0.3) is 0 Å². The fraction of sp³-hybridized carbons (Fsp3) is 0.143. The maximum Gasteiger partial charge on any atom is 0.165 e. The van der Waals surface area contributed by atoms with Crippen molar-refractivity contribution < 1.29 is 14.2 Å². The van der Waals surface area contributed by atoms with Crippen molar-refractivity contribution in [1.29, 1.82) is 0 Å². The Balaban J connectivity index is 2.41. The monoisotopic (exact) mass is 325 g/mol. The van der Waals surface area contributed by atoms with Crippen molar-refractivity contribution in [2.75, 3.05) is 12.8 Å². The number of hydrogen-bond donors (Lipinski definition) is 2. The zero-order valence-electron chi connectivity index (χ0n) is 10.2. The summed E-state index contributed by atoms with van der Waals surface area (Å²) in [6, 6.07) is 9.49. The van der Waals surface area contributed by atoms with Gasteiger partial charge in [0.25, 0.3) is 0 Å². The first-order chi connectivity index (χ1) is 9.02. The molecule has 3 nitrogen and oxygen atoms in total. The van der Waals surface area contributed by atoms with Gasteiger partial charge in [0.2, 0.25) is 0 Å². The van der Waals surface area contributed by atoms with Crippen LogP contribution in [0.2, 0.25) is 0 Å². The third kappa shape index (κ3) is 2.88. The molecule has 2 rings (SSSR count). The molecule has 0 aliphatic carbocycles. The van der Waals surface area contributed by atoms with E-state index >= 15 is 0 Å². The second kappa shape index (κ2) is 5.59. The van der Waals surface area contributed by atoms with Crippen molar-refractivity contribution in [2.45, 2.75) is 6.10 Å². The third-order valence-corrected chi connectivity index (χ3v) is 3.33. The van der Waals surface area contributed by atoms with E-state index in [1.165, 1.54) is 19.2 Å². The van der Waals surface area contributed by atoms with Crippen molar-refractivity contribution in [2.24, 2.45) is 0 Å². The summed E-state index contributed by atoms with van der Waals surface area (Å²) in [5, 5.41) is 10.3. The molecule has 0 fully saturated rings. The standard InChI is InChI=1S/C14H13BrFNO2/c1-19-13-5-2-8(6-11(13)16)14(18)10-7-9(15)3-4-12(10)17/h2-7,14,18H,17H2,1H3. The van der Waals surface area contributed by atoms with Gasteiger partial charge in [-0.15, -0.1) is 0 Å². The minimum atomic E-state index is -0.988. The van der Waals surface area contributed by atoms with E-state index in [2.05, 4.69) is 15.9 Å². The summed E-state index contributed by atoms with van der Waals surface area (Å²) in [6.07, 6.45) is -0.988. The number of hydrogen-bond acceptors (Lipinski definition) is 3. The highest BCUT2D eigenvalue weighted by molar-refractivity contribution is 9.10. The molecule has 0 spiro atoms. The quantitative estimate of drug-likeness (QED) is 0.851. The van der Waals surface area contributed by atoms with Gasteiger partial charge >= 0.3 is 0 Å². The zero-order valence-corrected chi connectivity index (χ0v) is 11.8. The maximum atomic E-state index is 13.6. The summed E-state index contributed by atoms with van der Waals surface area (Å²) in [4.78, 5) is 0. The highest BCUT2D eigenvalue weighted by atomic mass is 79.9. The van der Waals surface area contributed by atoms with E-state index in [0.717, 1.165) is 4.47 Å². The lowest BCUT2D eigenvalue weighted by Gasteiger charge is -2.15. The normalized spacial score (nSPS) is 12.2. The van der Waals surface area contributed by atoms with E-state index in [1.807, 2.05) is 0 Å². The summed E-state index contributed by atoms with van der Waals surface area (Å²) >= 11 is 3.31. The number of methoxy groups -OCH3 is 1. The number of benzene rings is 2. The Morgan fingerprint density at radius 1 is 1.26 bits per heavy atom. The fourth-order valence-electron chi connectivity index (χ4n) is 1.81. The molecule has 0 amide bonds. The summed E-state index contributed by atoms with van der Waals surface area (Å²) in [7, 11) is 1.39. The predicted molar refractivity (Wildman–Crippen MR) is 75.6 cm³/mol. The topological polar surface area (TPSA) is 55.5 Å². The maximum absolute atomic E-state index is 13.6. The summed E-state index contributed by atoms with van der Waals surface area (Å²) in [5.41, 5.74) is 7.22. The molecule has 0 saturated carbocycles. The lowest BCUT2D eigenvalue weighted by Crippen LogP contribution is -2.04. The smallest absolute Gasteiger partial charge is 0.165 e. The van der Waals surface area contributed by atoms with Crippen molar-refractivity contribution in [1.82, 2.24) is 0 Å². The number of halogens is 2. The molecule has 0 radical (unpaired) electrons. The number of aliphatic hydroxyl groups is 1. The summed E-state index contributed by atoms with van der Waals surface area (Å²) in [6.45, 7) is 0. The predicted octanol–water partition coefficient (Wildman–Crippen LogP) is 3.26. The molecule has 0 heterocycles. The molecule has 3 N–H and O–H groups in total. The Labute approximate surface area is 118 Å². The lowest BCUT2D eigenvalue weighted by atomic mass is 10.00. The van der Waals surface area contributed by atoms with Crippen LogP contribution in [0, 0.1) is 5.82 Å². The fourth-order valence-corrected chi connectivity index (χ4v) is 2.19. The second-order valence-corrected chi connectivity index (χ2v) is 4.99. The van der Waals surface area contributed by atoms with E-state index in [9.17, 15) is 9.50 Å². The Kier molecular flexibility index (Phi) is 4.07. The highest BCUT2D eigenvalue weighted by Crippen LogP contribution is 2.31. The van der Waals surface area contributed by atoms with Crippen LogP contribution >= 0.6 is 15.9 Å². The molecule has 100 valence electrons. The molecule has 1 unspecified atom stereocenters. The van der Waals surface area contributed by atoms with E-state index in [4.69, 9.17) is 10.5 Å². The molecule has 2 aromatic rings. The van der Waals surface area contributed by atoms with Gasteiger partial charge in [0, 0.05) is 15.7 Å². The summed E-state index contributed by atoms with van der Waals surface area (Å²) in [5.74, 6) is -0.384. The molecule has 0 bridgehead atoms. The number of anilines is 1.